The number of carboxylic acid groups (broad SMARTS) is 1. The highest BCUT2D eigenvalue weighted by molar-refractivity contribution is 6.42. The van der Waals surface area contributed by atoms with Crippen LogP contribution in [0.2, 0.25) is 10.0 Å². The van der Waals surface area contributed by atoms with E-state index in [-0.39, 0.29) is 12.3 Å². The number of methoxy groups -OCH3 is 1. The molecule has 26 heavy (non-hydrogen) atoms. The highest BCUT2D eigenvalue weighted by Crippen LogP contribution is 2.32. The third-order valence-corrected chi connectivity index (χ3v) is 5.42. The Morgan fingerprint density at radius 3 is 2.42 bits per heavy atom. The highest BCUT2D eigenvalue weighted by Gasteiger charge is 2.36. The van der Waals surface area contributed by atoms with Crippen molar-refractivity contribution in [1.29, 1.82) is 0 Å². The summed E-state index contributed by atoms with van der Waals surface area (Å²) in [7, 11) is 1.26. The van der Waals surface area contributed by atoms with Crippen LogP contribution < -0.4 is 5.32 Å². The maximum absolute atomic E-state index is 12.7. The van der Waals surface area contributed by atoms with E-state index in [1.54, 1.807) is 18.2 Å². The summed E-state index contributed by atoms with van der Waals surface area (Å²) >= 11 is 12.0. The first-order chi connectivity index (χ1) is 12.3. The predicted molar refractivity (Wildman–Crippen MR) is 97.1 cm³/mol. The van der Waals surface area contributed by atoms with Gasteiger partial charge in [0.05, 0.1) is 41.5 Å². The Bertz CT molecular complexity index is 694. The zero-order valence-corrected chi connectivity index (χ0v) is 15.8. The molecule has 6 nitrogen and oxygen atoms in total. The number of halogens is 2. The molecule has 0 bridgehead atoms. The van der Waals surface area contributed by atoms with Gasteiger partial charge in [0, 0.05) is 0 Å². The molecule has 1 aliphatic rings. The fraction of sp³-hybridized carbons (Fsp3) is 0.500. The largest absolute Gasteiger partial charge is 0.481 e. The van der Waals surface area contributed by atoms with Crippen LogP contribution in [0.1, 0.15) is 43.7 Å². The number of esters is 1. The first-order valence-corrected chi connectivity index (χ1v) is 9.14. The van der Waals surface area contributed by atoms with Crippen LogP contribution in [0.25, 0.3) is 0 Å². The first-order valence-electron chi connectivity index (χ1n) is 8.38. The fourth-order valence-corrected chi connectivity index (χ4v) is 3.56. The van der Waals surface area contributed by atoms with Crippen LogP contribution in [-0.4, -0.2) is 30.1 Å². The van der Waals surface area contributed by atoms with E-state index in [0.717, 1.165) is 12.8 Å². The van der Waals surface area contributed by atoms with Gasteiger partial charge < -0.3 is 15.2 Å². The normalized spacial score (nSPS) is 20.9. The van der Waals surface area contributed by atoms with Gasteiger partial charge in [0.2, 0.25) is 5.91 Å². The number of nitrogens with one attached hydrogen (secondary N) is 1. The van der Waals surface area contributed by atoms with Crippen molar-refractivity contribution in [2.45, 2.75) is 38.1 Å². The Balaban J connectivity index is 2.22. The van der Waals surface area contributed by atoms with Crippen LogP contribution in [0.3, 0.4) is 0 Å². The molecule has 0 spiro atoms. The summed E-state index contributed by atoms with van der Waals surface area (Å²) in [5.74, 6) is -3.18. The number of ether oxygens (including phenoxy) is 1. The molecule has 8 heteroatoms. The van der Waals surface area contributed by atoms with Crippen molar-refractivity contribution in [3.63, 3.8) is 0 Å². The number of benzene rings is 1. The number of rotatable bonds is 6. The maximum Gasteiger partial charge on any atom is 0.307 e. The van der Waals surface area contributed by atoms with Gasteiger partial charge in [0.25, 0.3) is 0 Å². The molecular formula is C18H21Cl2NO5. The molecule has 0 heterocycles. The van der Waals surface area contributed by atoms with Crippen LogP contribution in [0, 0.1) is 11.8 Å². The molecule has 1 fully saturated rings. The standard InChI is InChI=1S/C18H21Cl2NO5/c1-26-16(22)9-15(10-6-7-13(19)14(20)8-10)21-17(23)11-4-2-3-5-12(11)18(24)25/h6-8,11-12,15H,2-5,9H2,1H3,(H,21,23)(H,24,25)/t11-,12-,15+/m1/s1. The molecule has 0 unspecified atom stereocenters. The minimum Gasteiger partial charge on any atom is -0.481 e. The minimum atomic E-state index is -0.969. The monoisotopic (exact) mass is 401 g/mol. The fourth-order valence-electron chi connectivity index (χ4n) is 3.25. The topological polar surface area (TPSA) is 92.7 Å². The second-order valence-corrected chi connectivity index (χ2v) is 7.17. The predicted octanol–water partition coefficient (Wildman–Crippen LogP) is 3.60. The summed E-state index contributed by atoms with van der Waals surface area (Å²) in [4.78, 5) is 35.9. The summed E-state index contributed by atoms with van der Waals surface area (Å²) < 4.78 is 4.70. The molecule has 1 aromatic carbocycles. The van der Waals surface area contributed by atoms with E-state index in [1.165, 1.54) is 7.11 Å². The van der Waals surface area contributed by atoms with Gasteiger partial charge in [-0.2, -0.15) is 0 Å². The summed E-state index contributed by atoms with van der Waals surface area (Å²) in [6.07, 6.45) is 2.48. The van der Waals surface area contributed by atoms with E-state index in [9.17, 15) is 19.5 Å². The third kappa shape index (κ3) is 5.11. The van der Waals surface area contributed by atoms with Gasteiger partial charge >= 0.3 is 11.9 Å². The quantitative estimate of drug-likeness (QED) is 0.710. The molecule has 0 aliphatic heterocycles. The zero-order chi connectivity index (χ0) is 19.3. The Morgan fingerprint density at radius 2 is 1.85 bits per heavy atom. The van der Waals surface area contributed by atoms with Gasteiger partial charge in [-0.3, -0.25) is 14.4 Å². The molecule has 1 aliphatic carbocycles. The van der Waals surface area contributed by atoms with Crippen molar-refractivity contribution in [3.05, 3.63) is 33.8 Å². The van der Waals surface area contributed by atoms with Gasteiger partial charge in [-0.1, -0.05) is 42.1 Å². The molecule has 2 rings (SSSR count). The highest BCUT2D eigenvalue weighted by atomic mass is 35.5. The lowest BCUT2D eigenvalue weighted by atomic mass is 9.78. The second-order valence-electron chi connectivity index (χ2n) is 6.35. The van der Waals surface area contributed by atoms with Crippen molar-refractivity contribution < 1.29 is 24.2 Å². The van der Waals surface area contributed by atoms with Gasteiger partial charge in [-0.15, -0.1) is 0 Å². The van der Waals surface area contributed by atoms with E-state index >= 15 is 0 Å². The Hall–Kier alpha value is -1.79. The number of aliphatic carboxylic acids is 1. The average molecular weight is 402 g/mol. The summed E-state index contributed by atoms with van der Waals surface area (Å²) in [6.45, 7) is 0. The van der Waals surface area contributed by atoms with E-state index in [0.29, 0.717) is 28.5 Å². The molecule has 1 aromatic rings. The molecule has 0 aromatic heterocycles. The molecule has 0 saturated heterocycles. The number of amides is 1. The van der Waals surface area contributed by atoms with Crippen molar-refractivity contribution in [1.82, 2.24) is 5.32 Å². The molecule has 1 saturated carbocycles. The summed E-state index contributed by atoms with van der Waals surface area (Å²) in [5.41, 5.74) is 0.598. The van der Waals surface area contributed by atoms with E-state index in [4.69, 9.17) is 27.9 Å². The lowest BCUT2D eigenvalue weighted by Crippen LogP contribution is -2.41. The number of hydrogen-bond donors (Lipinski definition) is 2. The average Bonchev–Trinajstić information content (AvgIpc) is 2.63. The molecule has 0 radical (unpaired) electrons. The van der Waals surface area contributed by atoms with Gasteiger partial charge in [0.1, 0.15) is 0 Å². The van der Waals surface area contributed by atoms with E-state index < -0.39 is 29.8 Å². The van der Waals surface area contributed by atoms with E-state index in [2.05, 4.69) is 5.32 Å². The van der Waals surface area contributed by atoms with Gasteiger partial charge in [-0.25, -0.2) is 0 Å². The van der Waals surface area contributed by atoms with Crippen LogP contribution in [0.5, 0.6) is 0 Å². The Kier molecular flexibility index (Phi) is 7.29. The lowest BCUT2D eigenvalue weighted by molar-refractivity contribution is -0.149. The van der Waals surface area contributed by atoms with Crippen molar-refractivity contribution >= 4 is 41.0 Å². The van der Waals surface area contributed by atoms with Crippen LogP contribution in [0.4, 0.5) is 0 Å². The molecular weight excluding hydrogens is 381 g/mol. The Morgan fingerprint density at radius 1 is 1.19 bits per heavy atom. The maximum atomic E-state index is 12.7. The smallest absolute Gasteiger partial charge is 0.307 e. The third-order valence-electron chi connectivity index (χ3n) is 4.68. The van der Waals surface area contributed by atoms with Crippen molar-refractivity contribution in [2.24, 2.45) is 11.8 Å². The summed E-state index contributed by atoms with van der Waals surface area (Å²) in [5, 5.41) is 12.8. The minimum absolute atomic E-state index is 0.0926. The van der Waals surface area contributed by atoms with Crippen LogP contribution in [-0.2, 0) is 19.1 Å². The zero-order valence-electron chi connectivity index (χ0n) is 14.3. The van der Waals surface area contributed by atoms with Crippen LogP contribution in [0.15, 0.2) is 18.2 Å². The summed E-state index contributed by atoms with van der Waals surface area (Å²) in [6, 6.07) is 4.14. The molecule has 2 N–H and O–H groups in total. The lowest BCUT2D eigenvalue weighted by Gasteiger charge is -2.29. The molecule has 1 amide bonds. The van der Waals surface area contributed by atoms with Crippen LogP contribution >= 0.6 is 23.2 Å². The molecule has 3 atom stereocenters. The molecule has 142 valence electrons. The Labute approximate surface area is 161 Å². The number of carbonyl (C=O) groups excluding carboxylic acids is 2. The number of carboxylic acids is 1. The number of hydrogen-bond acceptors (Lipinski definition) is 4. The second kappa shape index (κ2) is 9.24. The number of carbonyl (C=O) groups is 3. The SMILES string of the molecule is COC(=O)C[C@H](NC(=O)[C@@H]1CCCC[C@H]1C(=O)O)c1ccc(Cl)c(Cl)c1. The van der Waals surface area contributed by atoms with Gasteiger partial charge in [0.15, 0.2) is 0 Å². The van der Waals surface area contributed by atoms with Crippen molar-refractivity contribution in [3.8, 4) is 0 Å². The van der Waals surface area contributed by atoms with E-state index in [1.807, 2.05) is 0 Å². The van der Waals surface area contributed by atoms with Crippen molar-refractivity contribution in [2.75, 3.05) is 7.11 Å². The van der Waals surface area contributed by atoms with Gasteiger partial charge in [-0.05, 0) is 30.5 Å². The first kappa shape index (κ1) is 20.5.